The molecule has 0 unspecified atom stereocenters. The van der Waals surface area contributed by atoms with E-state index in [1.807, 2.05) is 0 Å². The number of rotatable bonds is 2. The molecule has 0 saturated heterocycles. The quantitative estimate of drug-likeness (QED) is 0.619. The van der Waals surface area contributed by atoms with E-state index in [4.69, 9.17) is 4.74 Å². The zero-order valence-corrected chi connectivity index (χ0v) is 9.04. The molecule has 70 valence electrons. The lowest BCUT2D eigenvalue weighted by atomic mass is 10.3. The summed E-state index contributed by atoms with van der Waals surface area (Å²) < 4.78 is 17.9. The third-order valence-electron chi connectivity index (χ3n) is 1.33. The van der Waals surface area contributed by atoms with Gasteiger partial charge in [0.1, 0.15) is 0 Å². The van der Waals surface area contributed by atoms with Crippen molar-refractivity contribution < 1.29 is 13.9 Å². The summed E-state index contributed by atoms with van der Waals surface area (Å²) in [5.74, 6) is -1.05. The van der Waals surface area contributed by atoms with Crippen LogP contribution in [0.1, 0.15) is 17.3 Å². The number of pyridine rings is 1. The monoisotopic (exact) mass is 295 g/mol. The molecule has 0 aliphatic rings. The van der Waals surface area contributed by atoms with Gasteiger partial charge in [-0.15, -0.1) is 0 Å². The highest BCUT2D eigenvalue weighted by atomic mass is 127. The Morgan fingerprint density at radius 3 is 3.00 bits per heavy atom. The molecule has 0 N–H and O–H groups in total. The Morgan fingerprint density at radius 1 is 1.69 bits per heavy atom. The summed E-state index contributed by atoms with van der Waals surface area (Å²) in [6, 6.07) is 0. The number of nitrogens with zero attached hydrogens (tertiary/aromatic N) is 1. The van der Waals surface area contributed by atoms with Crippen LogP contribution in [-0.4, -0.2) is 17.6 Å². The van der Waals surface area contributed by atoms with Crippen molar-refractivity contribution in [3.05, 3.63) is 27.3 Å². The summed E-state index contributed by atoms with van der Waals surface area (Å²) in [7, 11) is 0. The summed E-state index contributed by atoms with van der Waals surface area (Å²) in [4.78, 5) is 14.8. The predicted octanol–water partition coefficient (Wildman–Crippen LogP) is 2.00. The number of ether oxygens (including phenoxy) is 1. The third kappa shape index (κ3) is 2.36. The van der Waals surface area contributed by atoms with Gasteiger partial charge < -0.3 is 4.74 Å². The minimum atomic E-state index is -0.543. The first-order valence-corrected chi connectivity index (χ1v) is 4.70. The largest absolute Gasteiger partial charge is 0.462 e. The van der Waals surface area contributed by atoms with E-state index >= 15 is 0 Å². The normalized spacial score (nSPS) is 9.77. The Balaban J connectivity index is 3.01. The van der Waals surface area contributed by atoms with Crippen LogP contribution in [0.2, 0.25) is 0 Å². The zero-order chi connectivity index (χ0) is 9.84. The van der Waals surface area contributed by atoms with Gasteiger partial charge in [-0.05, 0) is 29.5 Å². The highest BCUT2D eigenvalue weighted by Crippen LogP contribution is 2.15. The molecule has 0 fully saturated rings. The first-order valence-electron chi connectivity index (χ1n) is 3.63. The highest BCUT2D eigenvalue weighted by Gasteiger charge is 2.14. The lowest BCUT2D eigenvalue weighted by Gasteiger charge is -2.03. The molecule has 13 heavy (non-hydrogen) atoms. The summed E-state index contributed by atoms with van der Waals surface area (Å²) >= 11 is 1.74. The molecule has 1 aromatic rings. The van der Waals surface area contributed by atoms with Crippen molar-refractivity contribution in [2.75, 3.05) is 6.61 Å². The van der Waals surface area contributed by atoms with Gasteiger partial charge in [0.05, 0.1) is 21.9 Å². The van der Waals surface area contributed by atoms with Crippen molar-refractivity contribution in [2.45, 2.75) is 6.92 Å². The molecular formula is C8H7FINO2. The van der Waals surface area contributed by atoms with Gasteiger partial charge in [-0.1, -0.05) is 0 Å². The van der Waals surface area contributed by atoms with Crippen LogP contribution < -0.4 is 0 Å². The second-order valence-electron chi connectivity index (χ2n) is 2.20. The second kappa shape index (κ2) is 4.50. The van der Waals surface area contributed by atoms with Crippen molar-refractivity contribution in [3.63, 3.8) is 0 Å². The number of halogens is 2. The van der Waals surface area contributed by atoms with Gasteiger partial charge in [0.25, 0.3) is 0 Å². The van der Waals surface area contributed by atoms with Gasteiger partial charge in [0, 0.05) is 6.20 Å². The van der Waals surface area contributed by atoms with E-state index in [9.17, 15) is 9.18 Å². The topological polar surface area (TPSA) is 39.2 Å². The summed E-state index contributed by atoms with van der Waals surface area (Å²) in [5.41, 5.74) is 0.169. The predicted molar refractivity (Wildman–Crippen MR) is 52.9 cm³/mol. The summed E-state index contributed by atoms with van der Waals surface area (Å²) in [6.45, 7) is 1.96. The van der Waals surface area contributed by atoms with E-state index in [0.29, 0.717) is 0 Å². The maximum Gasteiger partial charge on any atom is 0.340 e. The van der Waals surface area contributed by atoms with Gasteiger partial charge in [-0.25, -0.2) is 9.18 Å². The van der Waals surface area contributed by atoms with Crippen LogP contribution in [-0.2, 0) is 4.74 Å². The third-order valence-corrected chi connectivity index (χ3v) is 2.43. The Morgan fingerprint density at radius 2 is 2.38 bits per heavy atom. The fraction of sp³-hybridized carbons (Fsp3) is 0.250. The summed E-state index contributed by atoms with van der Waals surface area (Å²) in [6.07, 6.45) is 2.35. The maximum absolute atomic E-state index is 12.9. The molecule has 3 nitrogen and oxygen atoms in total. The molecule has 0 aliphatic heterocycles. The zero-order valence-electron chi connectivity index (χ0n) is 6.88. The molecule has 0 spiro atoms. The first-order chi connectivity index (χ1) is 6.16. The van der Waals surface area contributed by atoms with E-state index in [2.05, 4.69) is 4.98 Å². The number of hydrogen-bond acceptors (Lipinski definition) is 3. The van der Waals surface area contributed by atoms with Crippen molar-refractivity contribution >= 4 is 28.6 Å². The van der Waals surface area contributed by atoms with Crippen LogP contribution in [0.25, 0.3) is 0 Å². The van der Waals surface area contributed by atoms with Crippen LogP contribution >= 0.6 is 22.6 Å². The number of hydrogen-bond donors (Lipinski definition) is 0. The molecule has 1 aromatic heterocycles. The van der Waals surface area contributed by atoms with Gasteiger partial charge in [0.15, 0.2) is 5.82 Å². The Bertz CT molecular complexity index is 330. The fourth-order valence-electron chi connectivity index (χ4n) is 0.770. The molecule has 5 heteroatoms. The maximum atomic E-state index is 12.9. The lowest BCUT2D eigenvalue weighted by molar-refractivity contribution is 0.0524. The van der Waals surface area contributed by atoms with Crippen LogP contribution in [0.5, 0.6) is 0 Å². The average Bonchev–Trinajstić information content (AvgIpc) is 2.10. The molecule has 0 radical (unpaired) electrons. The summed E-state index contributed by atoms with van der Waals surface area (Å²) in [5, 5.41) is 0. The van der Waals surface area contributed by atoms with Crippen LogP contribution in [0.3, 0.4) is 0 Å². The van der Waals surface area contributed by atoms with Crippen molar-refractivity contribution in [1.82, 2.24) is 4.98 Å². The molecule has 0 amide bonds. The molecule has 1 rings (SSSR count). The fourth-order valence-corrected chi connectivity index (χ4v) is 1.27. The molecule has 0 bridgehead atoms. The van der Waals surface area contributed by atoms with Crippen LogP contribution in [0.4, 0.5) is 4.39 Å². The molecule has 0 atom stereocenters. The standard InChI is InChI=1S/C8H7FINO2/c1-2-13-8(12)5-3-11-4-6(9)7(5)10/h3-4H,2H2,1H3. The second-order valence-corrected chi connectivity index (χ2v) is 3.28. The van der Waals surface area contributed by atoms with Crippen molar-refractivity contribution in [1.29, 1.82) is 0 Å². The van der Waals surface area contributed by atoms with E-state index in [-0.39, 0.29) is 15.7 Å². The molecule has 0 aromatic carbocycles. The van der Waals surface area contributed by atoms with Crippen molar-refractivity contribution in [2.24, 2.45) is 0 Å². The number of carbonyl (C=O) groups excluding carboxylic acids is 1. The van der Waals surface area contributed by atoms with Crippen LogP contribution in [0, 0.1) is 9.39 Å². The minimum Gasteiger partial charge on any atom is -0.462 e. The average molecular weight is 295 g/mol. The number of esters is 1. The van der Waals surface area contributed by atoms with Gasteiger partial charge in [-0.2, -0.15) is 0 Å². The number of carbonyl (C=O) groups is 1. The molecule has 0 aliphatic carbocycles. The van der Waals surface area contributed by atoms with E-state index in [0.717, 1.165) is 6.20 Å². The first kappa shape index (κ1) is 10.4. The SMILES string of the molecule is CCOC(=O)c1cncc(F)c1I. The van der Waals surface area contributed by atoms with E-state index in [1.165, 1.54) is 6.20 Å². The lowest BCUT2D eigenvalue weighted by Crippen LogP contribution is -2.08. The Hall–Kier alpha value is -0.720. The smallest absolute Gasteiger partial charge is 0.340 e. The molecule has 0 saturated carbocycles. The Kier molecular flexibility index (Phi) is 3.58. The van der Waals surface area contributed by atoms with Gasteiger partial charge in [0.2, 0.25) is 0 Å². The van der Waals surface area contributed by atoms with Crippen molar-refractivity contribution in [3.8, 4) is 0 Å². The molecule has 1 heterocycles. The minimum absolute atomic E-state index is 0.169. The molecular weight excluding hydrogens is 288 g/mol. The van der Waals surface area contributed by atoms with Gasteiger partial charge in [-0.3, -0.25) is 4.98 Å². The van der Waals surface area contributed by atoms with Gasteiger partial charge >= 0.3 is 5.97 Å². The number of aromatic nitrogens is 1. The van der Waals surface area contributed by atoms with Crippen LogP contribution in [0.15, 0.2) is 12.4 Å². The van der Waals surface area contributed by atoms with E-state index < -0.39 is 11.8 Å². The van der Waals surface area contributed by atoms with E-state index in [1.54, 1.807) is 29.5 Å². The Labute approximate surface area is 88.4 Å². The highest BCUT2D eigenvalue weighted by molar-refractivity contribution is 14.1.